The molecular weight excluding hydrogens is 404 g/mol. The van der Waals surface area contributed by atoms with Gasteiger partial charge in [-0.25, -0.2) is 13.4 Å². The Morgan fingerprint density at radius 1 is 1.04 bits per heavy atom. The maximum atomic E-state index is 11.5. The highest BCUT2D eigenvalue weighted by Gasteiger charge is 2.21. The molecule has 3 aromatic rings. The largest absolute Gasteiger partial charge is 0.454 e. The lowest BCUT2D eigenvalue weighted by Gasteiger charge is -2.12. The van der Waals surface area contributed by atoms with E-state index in [-0.39, 0.29) is 11.7 Å². The van der Waals surface area contributed by atoms with Crippen molar-refractivity contribution in [2.45, 2.75) is 4.90 Å². The topological polar surface area (TPSA) is 102 Å². The van der Waals surface area contributed by atoms with Gasteiger partial charge in [0.05, 0.1) is 9.92 Å². The van der Waals surface area contributed by atoms with Crippen LogP contribution in [0, 0.1) is 0 Å². The Hall–Kier alpha value is -3.04. The van der Waals surface area contributed by atoms with Crippen LogP contribution in [0.1, 0.15) is 0 Å². The molecule has 2 N–H and O–H groups in total. The number of hydrogen-bond acceptors (Lipinski definition) is 8. The van der Waals surface area contributed by atoms with Gasteiger partial charge in [0.2, 0.25) is 12.7 Å². The summed E-state index contributed by atoms with van der Waals surface area (Å²) in [6.07, 6.45) is 2.74. The zero-order valence-corrected chi connectivity index (χ0v) is 16.2. The van der Waals surface area contributed by atoms with Gasteiger partial charge in [-0.05, 0) is 42.5 Å². The fraction of sp³-hybridized carbons (Fsp3) is 0.111. The Bertz CT molecular complexity index is 1140. The van der Waals surface area contributed by atoms with E-state index in [0.717, 1.165) is 6.26 Å². The molecule has 2 heterocycles. The van der Waals surface area contributed by atoms with E-state index in [0.29, 0.717) is 39.7 Å². The number of halogens is 1. The summed E-state index contributed by atoms with van der Waals surface area (Å²) < 4.78 is 33.9. The quantitative estimate of drug-likeness (QED) is 0.645. The number of sulfone groups is 1. The zero-order chi connectivity index (χ0) is 19.7. The van der Waals surface area contributed by atoms with Crippen LogP contribution in [0.3, 0.4) is 0 Å². The van der Waals surface area contributed by atoms with Crippen molar-refractivity contribution in [2.24, 2.45) is 0 Å². The van der Waals surface area contributed by atoms with Crippen LogP contribution in [0.4, 0.5) is 23.1 Å². The van der Waals surface area contributed by atoms with Gasteiger partial charge in [0.1, 0.15) is 11.5 Å². The van der Waals surface area contributed by atoms with Crippen molar-refractivity contribution in [1.29, 1.82) is 0 Å². The normalized spacial score (nSPS) is 12.6. The molecule has 0 bridgehead atoms. The van der Waals surface area contributed by atoms with Gasteiger partial charge in [0.15, 0.2) is 21.3 Å². The van der Waals surface area contributed by atoms with Crippen LogP contribution in [-0.2, 0) is 9.84 Å². The van der Waals surface area contributed by atoms with Gasteiger partial charge in [0.25, 0.3) is 0 Å². The van der Waals surface area contributed by atoms with Gasteiger partial charge in [-0.1, -0.05) is 11.6 Å². The molecule has 1 aliphatic heterocycles. The summed E-state index contributed by atoms with van der Waals surface area (Å²) in [6.45, 7) is 0.129. The predicted octanol–water partition coefficient (Wildman–Crippen LogP) is 3.75. The first kappa shape index (κ1) is 18.3. The second kappa shape index (κ2) is 7.17. The van der Waals surface area contributed by atoms with Crippen LogP contribution >= 0.6 is 11.6 Å². The highest BCUT2D eigenvalue weighted by Crippen LogP contribution is 2.44. The maximum Gasteiger partial charge on any atom is 0.231 e. The van der Waals surface area contributed by atoms with Crippen molar-refractivity contribution in [2.75, 3.05) is 23.7 Å². The van der Waals surface area contributed by atoms with Crippen molar-refractivity contribution in [3.05, 3.63) is 53.7 Å². The van der Waals surface area contributed by atoms with Crippen molar-refractivity contribution in [3.8, 4) is 11.5 Å². The van der Waals surface area contributed by atoms with Crippen LogP contribution in [0.25, 0.3) is 0 Å². The van der Waals surface area contributed by atoms with E-state index >= 15 is 0 Å². The monoisotopic (exact) mass is 418 g/mol. The van der Waals surface area contributed by atoms with Crippen LogP contribution < -0.4 is 20.1 Å². The fourth-order valence-corrected chi connectivity index (χ4v) is 3.42. The standard InChI is InChI=1S/C18H15ClN4O4S/c1-28(24,25)12-4-2-11(3-5-12)21-18-20-9-8-15(23-18)22-16-13(19)6-7-14-17(16)27-10-26-14/h2-9H,10H2,1H3,(H2,20,21,22,23). The van der Waals surface area contributed by atoms with E-state index in [1.807, 2.05) is 0 Å². The summed E-state index contributed by atoms with van der Waals surface area (Å²) in [5.74, 6) is 1.95. The third-order valence-corrected chi connectivity index (χ3v) is 5.38. The van der Waals surface area contributed by atoms with Crippen LogP contribution in [0.2, 0.25) is 5.02 Å². The average Bonchev–Trinajstić information content (AvgIpc) is 3.13. The molecule has 28 heavy (non-hydrogen) atoms. The molecule has 144 valence electrons. The summed E-state index contributed by atoms with van der Waals surface area (Å²) in [5, 5.41) is 6.62. The summed E-state index contributed by atoms with van der Waals surface area (Å²) in [7, 11) is -3.25. The number of benzene rings is 2. The molecule has 8 nitrogen and oxygen atoms in total. The summed E-state index contributed by atoms with van der Waals surface area (Å²) in [6, 6.07) is 11.5. The number of aromatic nitrogens is 2. The molecule has 10 heteroatoms. The number of anilines is 4. The lowest BCUT2D eigenvalue weighted by molar-refractivity contribution is 0.174. The summed E-state index contributed by atoms with van der Waals surface area (Å²) in [5.41, 5.74) is 1.21. The van der Waals surface area contributed by atoms with Gasteiger partial charge >= 0.3 is 0 Å². The molecule has 2 aromatic carbocycles. The van der Waals surface area contributed by atoms with Crippen molar-refractivity contribution < 1.29 is 17.9 Å². The van der Waals surface area contributed by atoms with Crippen LogP contribution in [0.5, 0.6) is 11.5 Å². The Kier molecular flexibility index (Phi) is 4.70. The lowest BCUT2D eigenvalue weighted by Crippen LogP contribution is -2.02. The van der Waals surface area contributed by atoms with Crippen molar-refractivity contribution in [1.82, 2.24) is 9.97 Å². The molecule has 0 radical (unpaired) electrons. The molecule has 0 aliphatic carbocycles. The number of nitrogens with one attached hydrogen (secondary N) is 2. The number of hydrogen-bond donors (Lipinski definition) is 2. The Labute approximate surface area is 166 Å². The SMILES string of the molecule is CS(=O)(=O)c1ccc(Nc2nccc(Nc3c(Cl)ccc4c3OCO4)n2)cc1. The van der Waals surface area contributed by atoms with Gasteiger partial charge in [-0.3, -0.25) is 0 Å². The lowest BCUT2D eigenvalue weighted by atomic mass is 10.2. The third kappa shape index (κ3) is 3.80. The van der Waals surface area contributed by atoms with Gasteiger partial charge in [0, 0.05) is 18.1 Å². The smallest absolute Gasteiger partial charge is 0.231 e. The fourth-order valence-electron chi connectivity index (χ4n) is 2.60. The molecule has 0 fully saturated rings. The highest BCUT2D eigenvalue weighted by molar-refractivity contribution is 7.90. The van der Waals surface area contributed by atoms with E-state index in [1.165, 1.54) is 12.1 Å². The minimum absolute atomic E-state index is 0.129. The van der Waals surface area contributed by atoms with E-state index in [1.54, 1.807) is 36.5 Å². The molecule has 0 saturated carbocycles. The Morgan fingerprint density at radius 3 is 2.57 bits per heavy atom. The van der Waals surface area contributed by atoms with E-state index in [2.05, 4.69) is 20.6 Å². The molecule has 0 spiro atoms. The minimum Gasteiger partial charge on any atom is -0.454 e. The predicted molar refractivity (Wildman–Crippen MR) is 106 cm³/mol. The second-order valence-electron chi connectivity index (χ2n) is 5.97. The maximum absolute atomic E-state index is 11.5. The number of nitrogens with zero attached hydrogens (tertiary/aromatic N) is 2. The third-order valence-electron chi connectivity index (χ3n) is 3.94. The minimum atomic E-state index is -3.25. The summed E-state index contributed by atoms with van der Waals surface area (Å²) >= 11 is 6.27. The first-order valence-corrected chi connectivity index (χ1v) is 10.4. The van der Waals surface area contributed by atoms with E-state index < -0.39 is 9.84 Å². The molecule has 1 aromatic heterocycles. The molecule has 0 atom stereocenters. The second-order valence-corrected chi connectivity index (χ2v) is 8.39. The zero-order valence-electron chi connectivity index (χ0n) is 14.6. The van der Waals surface area contributed by atoms with Crippen molar-refractivity contribution >= 4 is 44.6 Å². The Morgan fingerprint density at radius 2 is 1.82 bits per heavy atom. The van der Waals surface area contributed by atoms with E-state index in [4.69, 9.17) is 21.1 Å². The molecule has 0 amide bonds. The highest BCUT2D eigenvalue weighted by atomic mass is 35.5. The first-order valence-electron chi connectivity index (χ1n) is 8.15. The Balaban J connectivity index is 1.55. The number of ether oxygens (including phenoxy) is 2. The average molecular weight is 419 g/mol. The molecular formula is C18H15ClN4O4S. The van der Waals surface area contributed by atoms with Gasteiger partial charge in [-0.15, -0.1) is 0 Å². The van der Waals surface area contributed by atoms with Crippen molar-refractivity contribution in [3.63, 3.8) is 0 Å². The summed E-state index contributed by atoms with van der Waals surface area (Å²) in [4.78, 5) is 8.81. The van der Waals surface area contributed by atoms with Crippen LogP contribution in [-0.4, -0.2) is 31.4 Å². The molecule has 0 unspecified atom stereocenters. The molecule has 1 aliphatic rings. The number of fused-ring (bicyclic) bond motifs is 1. The van der Waals surface area contributed by atoms with Gasteiger partial charge in [-0.2, -0.15) is 4.98 Å². The molecule has 4 rings (SSSR count). The first-order chi connectivity index (χ1) is 13.4. The number of rotatable bonds is 5. The molecule has 0 saturated heterocycles. The van der Waals surface area contributed by atoms with Gasteiger partial charge < -0.3 is 20.1 Å². The van der Waals surface area contributed by atoms with E-state index in [9.17, 15) is 8.42 Å². The van der Waals surface area contributed by atoms with Crippen LogP contribution in [0.15, 0.2) is 53.6 Å².